The zero-order valence-electron chi connectivity index (χ0n) is 9.18. The molecule has 0 atom stereocenters. The molecule has 0 spiro atoms. The SMILES string of the molecule is Cc1cnc(C2(C)CCCCCC2)s1. The summed E-state index contributed by atoms with van der Waals surface area (Å²) in [5.41, 5.74) is 0.384. The van der Waals surface area contributed by atoms with Crippen LogP contribution in [0.25, 0.3) is 0 Å². The highest BCUT2D eigenvalue weighted by Crippen LogP contribution is 2.39. The molecule has 1 nitrogen and oxygen atoms in total. The van der Waals surface area contributed by atoms with Crippen LogP contribution in [-0.4, -0.2) is 4.98 Å². The maximum absolute atomic E-state index is 4.57. The van der Waals surface area contributed by atoms with E-state index < -0.39 is 0 Å². The van der Waals surface area contributed by atoms with Crippen molar-refractivity contribution in [1.29, 1.82) is 0 Å². The van der Waals surface area contributed by atoms with Crippen LogP contribution >= 0.6 is 11.3 Å². The average molecular weight is 209 g/mol. The second-order valence-electron chi connectivity index (χ2n) is 4.75. The molecule has 1 aromatic rings. The zero-order valence-corrected chi connectivity index (χ0v) is 9.99. The Morgan fingerprint density at radius 1 is 1.21 bits per heavy atom. The van der Waals surface area contributed by atoms with Crippen LogP contribution in [0.1, 0.15) is 55.3 Å². The molecule has 0 saturated heterocycles. The third kappa shape index (κ3) is 2.00. The summed E-state index contributed by atoms with van der Waals surface area (Å²) in [6, 6.07) is 0. The number of thiazole rings is 1. The van der Waals surface area contributed by atoms with Gasteiger partial charge in [-0.05, 0) is 19.8 Å². The molecule has 2 heteroatoms. The second kappa shape index (κ2) is 4.01. The molecule has 1 fully saturated rings. The normalized spacial score (nSPS) is 21.9. The van der Waals surface area contributed by atoms with Gasteiger partial charge in [-0.3, -0.25) is 0 Å². The van der Waals surface area contributed by atoms with Gasteiger partial charge in [-0.15, -0.1) is 11.3 Å². The Balaban J connectivity index is 2.20. The molecule has 78 valence electrons. The predicted octanol–water partition coefficient (Wildman–Crippen LogP) is 4.06. The topological polar surface area (TPSA) is 12.9 Å². The standard InChI is InChI=1S/C12H19NS/c1-10-9-13-11(14-10)12(2)7-5-3-4-6-8-12/h9H,3-8H2,1-2H3. The van der Waals surface area contributed by atoms with Gasteiger partial charge >= 0.3 is 0 Å². The monoisotopic (exact) mass is 209 g/mol. The first-order valence-electron chi connectivity index (χ1n) is 5.64. The zero-order chi connectivity index (χ0) is 10.0. The number of aromatic nitrogens is 1. The summed E-state index contributed by atoms with van der Waals surface area (Å²) in [6.45, 7) is 4.55. The Morgan fingerprint density at radius 3 is 2.36 bits per heavy atom. The van der Waals surface area contributed by atoms with Gasteiger partial charge in [0.05, 0.1) is 5.01 Å². The molecule has 1 aromatic heterocycles. The summed E-state index contributed by atoms with van der Waals surface area (Å²) in [5.74, 6) is 0. The Kier molecular flexibility index (Phi) is 2.91. The van der Waals surface area contributed by atoms with Crippen LogP contribution in [0.2, 0.25) is 0 Å². The number of aryl methyl sites for hydroxylation is 1. The Hall–Kier alpha value is -0.370. The lowest BCUT2D eigenvalue weighted by Crippen LogP contribution is -2.20. The van der Waals surface area contributed by atoms with E-state index in [0.717, 1.165) is 0 Å². The highest BCUT2D eigenvalue weighted by Gasteiger charge is 2.30. The molecule has 14 heavy (non-hydrogen) atoms. The fourth-order valence-corrected chi connectivity index (χ4v) is 3.32. The average Bonchev–Trinajstić information content (AvgIpc) is 2.47. The second-order valence-corrected chi connectivity index (χ2v) is 5.99. The molecule has 0 aliphatic heterocycles. The van der Waals surface area contributed by atoms with Gasteiger partial charge < -0.3 is 0 Å². The first-order chi connectivity index (χ1) is 6.71. The number of nitrogens with zero attached hydrogens (tertiary/aromatic N) is 1. The van der Waals surface area contributed by atoms with E-state index in [1.54, 1.807) is 0 Å². The van der Waals surface area contributed by atoms with Crippen molar-refractivity contribution in [2.24, 2.45) is 0 Å². The van der Waals surface area contributed by atoms with E-state index in [1.165, 1.54) is 48.4 Å². The maximum Gasteiger partial charge on any atom is 0.0986 e. The van der Waals surface area contributed by atoms with Gasteiger partial charge in [0, 0.05) is 16.5 Å². The highest BCUT2D eigenvalue weighted by atomic mass is 32.1. The van der Waals surface area contributed by atoms with Crippen molar-refractivity contribution in [1.82, 2.24) is 4.98 Å². The van der Waals surface area contributed by atoms with Crippen molar-refractivity contribution in [3.05, 3.63) is 16.1 Å². The molecule has 1 aliphatic carbocycles. The van der Waals surface area contributed by atoms with E-state index in [-0.39, 0.29) is 0 Å². The van der Waals surface area contributed by atoms with Crippen LogP contribution in [0, 0.1) is 6.92 Å². The van der Waals surface area contributed by atoms with Crippen molar-refractivity contribution in [3.63, 3.8) is 0 Å². The van der Waals surface area contributed by atoms with Gasteiger partial charge in [-0.1, -0.05) is 32.6 Å². The van der Waals surface area contributed by atoms with Gasteiger partial charge in [0.1, 0.15) is 0 Å². The predicted molar refractivity (Wildman–Crippen MR) is 61.9 cm³/mol. The Morgan fingerprint density at radius 2 is 1.86 bits per heavy atom. The van der Waals surface area contributed by atoms with Crippen molar-refractivity contribution >= 4 is 11.3 Å². The quantitative estimate of drug-likeness (QED) is 0.635. The first-order valence-corrected chi connectivity index (χ1v) is 6.45. The summed E-state index contributed by atoms with van der Waals surface area (Å²) in [6.07, 6.45) is 10.3. The molecular formula is C12H19NS. The Bertz CT molecular complexity index is 295. The number of hydrogen-bond acceptors (Lipinski definition) is 2. The minimum absolute atomic E-state index is 0.384. The third-order valence-corrected chi connectivity index (χ3v) is 4.56. The van der Waals surface area contributed by atoms with E-state index in [4.69, 9.17) is 0 Å². The van der Waals surface area contributed by atoms with Crippen LogP contribution < -0.4 is 0 Å². The summed E-state index contributed by atoms with van der Waals surface area (Å²) in [5, 5.41) is 1.37. The van der Waals surface area contributed by atoms with E-state index in [0.29, 0.717) is 5.41 Å². The van der Waals surface area contributed by atoms with Gasteiger partial charge in [-0.25, -0.2) is 4.98 Å². The van der Waals surface area contributed by atoms with Crippen LogP contribution in [0.3, 0.4) is 0 Å². The van der Waals surface area contributed by atoms with Gasteiger partial charge in [0.15, 0.2) is 0 Å². The molecule has 2 rings (SSSR count). The maximum atomic E-state index is 4.57. The van der Waals surface area contributed by atoms with Crippen LogP contribution in [0.15, 0.2) is 6.20 Å². The van der Waals surface area contributed by atoms with E-state index >= 15 is 0 Å². The molecule has 1 heterocycles. The third-order valence-electron chi connectivity index (χ3n) is 3.34. The number of rotatable bonds is 1. The van der Waals surface area contributed by atoms with Crippen molar-refractivity contribution in [3.8, 4) is 0 Å². The molecule has 1 saturated carbocycles. The smallest absolute Gasteiger partial charge is 0.0986 e. The summed E-state index contributed by atoms with van der Waals surface area (Å²) < 4.78 is 0. The molecular weight excluding hydrogens is 190 g/mol. The highest BCUT2D eigenvalue weighted by molar-refractivity contribution is 7.11. The number of hydrogen-bond donors (Lipinski definition) is 0. The van der Waals surface area contributed by atoms with Crippen LogP contribution in [0.5, 0.6) is 0 Å². The molecule has 0 amide bonds. The molecule has 0 N–H and O–H groups in total. The van der Waals surface area contributed by atoms with Crippen molar-refractivity contribution in [2.75, 3.05) is 0 Å². The van der Waals surface area contributed by atoms with Gasteiger partial charge in [-0.2, -0.15) is 0 Å². The van der Waals surface area contributed by atoms with Crippen LogP contribution in [-0.2, 0) is 5.41 Å². The van der Waals surface area contributed by atoms with E-state index in [9.17, 15) is 0 Å². The summed E-state index contributed by atoms with van der Waals surface area (Å²) in [4.78, 5) is 5.92. The fourth-order valence-electron chi connectivity index (χ4n) is 2.36. The lowest BCUT2D eigenvalue weighted by Gasteiger charge is -2.25. The molecule has 0 radical (unpaired) electrons. The summed E-state index contributed by atoms with van der Waals surface area (Å²) >= 11 is 1.89. The largest absolute Gasteiger partial charge is 0.249 e. The van der Waals surface area contributed by atoms with Crippen LogP contribution in [0.4, 0.5) is 0 Å². The van der Waals surface area contributed by atoms with Gasteiger partial charge in [0.25, 0.3) is 0 Å². The Labute approximate surface area is 90.6 Å². The fraction of sp³-hybridized carbons (Fsp3) is 0.750. The molecule has 1 aliphatic rings. The summed E-state index contributed by atoms with van der Waals surface area (Å²) in [7, 11) is 0. The van der Waals surface area contributed by atoms with E-state index in [1.807, 2.05) is 17.5 Å². The lowest BCUT2D eigenvalue weighted by atomic mass is 9.83. The molecule has 0 aromatic carbocycles. The lowest BCUT2D eigenvalue weighted by molar-refractivity contribution is 0.407. The van der Waals surface area contributed by atoms with Crippen molar-refractivity contribution in [2.45, 2.75) is 57.8 Å². The first kappa shape index (κ1) is 10.2. The van der Waals surface area contributed by atoms with Crippen molar-refractivity contribution < 1.29 is 0 Å². The van der Waals surface area contributed by atoms with Gasteiger partial charge in [0.2, 0.25) is 0 Å². The molecule has 0 unspecified atom stereocenters. The molecule has 0 bridgehead atoms. The van der Waals surface area contributed by atoms with E-state index in [2.05, 4.69) is 18.8 Å². The minimum atomic E-state index is 0.384. The minimum Gasteiger partial charge on any atom is -0.249 e.